The van der Waals surface area contributed by atoms with E-state index in [0.29, 0.717) is 41.0 Å². The molecule has 1 saturated carbocycles. The van der Waals surface area contributed by atoms with Gasteiger partial charge in [0.05, 0.1) is 30.6 Å². The van der Waals surface area contributed by atoms with Gasteiger partial charge in [-0.1, -0.05) is 12.8 Å². The molecule has 3 heterocycles. The summed E-state index contributed by atoms with van der Waals surface area (Å²) in [7, 11) is -2.05. The van der Waals surface area contributed by atoms with Gasteiger partial charge in [-0.05, 0) is 25.8 Å². The number of hydrogen-bond acceptors (Lipinski definition) is 8. The van der Waals surface area contributed by atoms with E-state index >= 15 is 0 Å². The second-order valence-electron chi connectivity index (χ2n) is 8.08. The predicted octanol–water partition coefficient (Wildman–Crippen LogP) is 2.10. The van der Waals surface area contributed by atoms with Gasteiger partial charge in [0, 0.05) is 36.6 Å². The van der Waals surface area contributed by atoms with Gasteiger partial charge >= 0.3 is 0 Å². The van der Waals surface area contributed by atoms with Gasteiger partial charge in [0.1, 0.15) is 12.4 Å². The molecule has 0 spiro atoms. The minimum absolute atomic E-state index is 0.0239. The molecule has 0 radical (unpaired) electrons. The number of sulfone groups is 1. The van der Waals surface area contributed by atoms with Gasteiger partial charge in [-0.25, -0.2) is 13.4 Å². The molecule has 4 rings (SSSR count). The molecule has 1 aliphatic rings. The molecule has 3 aromatic heterocycles. The Morgan fingerprint density at radius 1 is 1.22 bits per heavy atom. The van der Waals surface area contributed by atoms with Gasteiger partial charge in [-0.3, -0.25) is 14.0 Å². The molecule has 0 saturated heterocycles. The summed E-state index contributed by atoms with van der Waals surface area (Å²) < 4.78 is 37.8. The van der Waals surface area contributed by atoms with Crippen molar-refractivity contribution in [3.8, 4) is 11.1 Å². The molecule has 0 N–H and O–H groups in total. The fourth-order valence-electron chi connectivity index (χ4n) is 4.13. The predicted molar refractivity (Wildman–Crippen MR) is 118 cm³/mol. The van der Waals surface area contributed by atoms with E-state index in [-0.39, 0.29) is 23.6 Å². The van der Waals surface area contributed by atoms with Crippen LogP contribution in [0.3, 0.4) is 0 Å². The van der Waals surface area contributed by atoms with Crippen molar-refractivity contribution in [3.63, 3.8) is 0 Å². The van der Waals surface area contributed by atoms with Crippen LogP contribution in [0, 0.1) is 6.92 Å². The summed E-state index contributed by atoms with van der Waals surface area (Å²) in [6.07, 6.45) is 8.27. The van der Waals surface area contributed by atoms with Crippen molar-refractivity contribution in [2.75, 3.05) is 26.8 Å². The fraction of sp³-hybridized carbons (Fsp3) is 0.524. The Bertz CT molecular complexity index is 1290. The minimum Gasteiger partial charge on any atom is -0.359 e. The minimum atomic E-state index is -3.61. The number of pyridine rings is 1. The van der Waals surface area contributed by atoms with Gasteiger partial charge in [-0.2, -0.15) is 10.1 Å². The van der Waals surface area contributed by atoms with Crippen LogP contribution in [-0.4, -0.2) is 59.5 Å². The summed E-state index contributed by atoms with van der Waals surface area (Å²) in [5.41, 5.74) is 1.87. The Hall–Kier alpha value is -2.63. The van der Waals surface area contributed by atoms with Crippen molar-refractivity contribution in [2.45, 2.75) is 50.4 Å². The van der Waals surface area contributed by atoms with Crippen molar-refractivity contribution < 1.29 is 17.9 Å². The molecule has 11 heteroatoms. The largest absolute Gasteiger partial charge is 0.359 e. The van der Waals surface area contributed by atoms with Crippen LogP contribution < -0.4 is 5.56 Å². The summed E-state index contributed by atoms with van der Waals surface area (Å²) in [5.74, 6) is 0. The van der Waals surface area contributed by atoms with Crippen molar-refractivity contribution >= 4 is 20.9 Å². The molecular formula is C21H27N5O5S. The van der Waals surface area contributed by atoms with Crippen molar-refractivity contribution in [2.24, 2.45) is 0 Å². The van der Waals surface area contributed by atoms with Crippen LogP contribution in [0.25, 0.3) is 22.2 Å². The number of methoxy groups -OCH3 is 1. The van der Waals surface area contributed by atoms with Crippen LogP contribution in [0.5, 0.6) is 0 Å². The SMILES string of the molecule is COCOCCn1cc(-c2cc3c(C)nc(S(C)(=O)=O)nc3n(C3CCCC3)c2=O)cn1. The lowest BCUT2D eigenvalue weighted by Crippen LogP contribution is -2.27. The van der Waals surface area contributed by atoms with Crippen LogP contribution in [0.15, 0.2) is 28.4 Å². The number of aromatic nitrogens is 5. The molecule has 0 amide bonds. The highest BCUT2D eigenvalue weighted by molar-refractivity contribution is 7.90. The molecule has 172 valence electrons. The summed E-state index contributed by atoms with van der Waals surface area (Å²) in [6.45, 7) is 2.90. The molecule has 0 atom stereocenters. The Labute approximate surface area is 186 Å². The molecule has 0 bridgehead atoms. The zero-order chi connectivity index (χ0) is 22.9. The molecule has 0 aliphatic heterocycles. The number of nitrogens with zero attached hydrogens (tertiary/aromatic N) is 5. The van der Waals surface area contributed by atoms with Gasteiger partial charge in [0.25, 0.3) is 5.56 Å². The third-order valence-corrected chi connectivity index (χ3v) is 6.54. The normalized spacial score (nSPS) is 15.1. The quantitative estimate of drug-likeness (QED) is 0.284. The summed E-state index contributed by atoms with van der Waals surface area (Å²) >= 11 is 0. The highest BCUT2D eigenvalue weighted by atomic mass is 32.2. The number of rotatable bonds is 8. The molecule has 10 nitrogen and oxygen atoms in total. The van der Waals surface area contributed by atoms with E-state index in [4.69, 9.17) is 9.47 Å². The first kappa shape index (κ1) is 22.6. The summed E-state index contributed by atoms with van der Waals surface area (Å²) in [6, 6.07) is 1.72. The number of ether oxygens (including phenoxy) is 2. The lowest BCUT2D eigenvalue weighted by Gasteiger charge is -2.18. The Morgan fingerprint density at radius 3 is 2.66 bits per heavy atom. The summed E-state index contributed by atoms with van der Waals surface area (Å²) in [5, 5.41) is 4.75. The average molecular weight is 462 g/mol. The zero-order valence-electron chi connectivity index (χ0n) is 18.4. The van der Waals surface area contributed by atoms with Crippen LogP contribution in [0.4, 0.5) is 0 Å². The molecular weight excluding hydrogens is 434 g/mol. The molecule has 1 aliphatic carbocycles. The van der Waals surface area contributed by atoms with E-state index in [2.05, 4.69) is 15.1 Å². The highest BCUT2D eigenvalue weighted by Gasteiger charge is 2.25. The van der Waals surface area contributed by atoms with E-state index in [1.54, 1.807) is 41.7 Å². The first-order valence-corrected chi connectivity index (χ1v) is 12.4. The van der Waals surface area contributed by atoms with Gasteiger partial charge in [0.2, 0.25) is 15.0 Å². The maximum absolute atomic E-state index is 13.6. The van der Waals surface area contributed by atoms with E-state index in [1.807, 2.05) is 0 Å². The Balaban J connectivity index is 1.84. The standard InChI is InChI=1S/C21H27N5O5S/c1-14-17-10-18(15-11-22-25(12-15)8-9-31-13-30-2)20(27)26(16-6-4-5-7-16)19(17)24-21(23-14)32(3,28)29/h10-12,16H,4-9,13H2,1-3H3. The van der Waals surface area contributed by atoms with Crippen molar-refractivity contribution in [1.29, 1.82) is 0 Å². The smallest absolute Gasteiger partial charge is 0.260 e. The van der Waals surface area contributed by atoms with E-state index in [1.165, 1.54) is 0 Å². The molecule has 0 unspecified atom stereocenters. The number of fused-ring (bicyclic) bond motifs is 1. The van der Waals surface area contributed by atoms with Gasteiger partial charge in [-0.15, -0.1) is 0 Å². The Kier molecular flexibility index (Phi) is 6.40. The molecule has 0 aromatic carbocycles. The van der Waals surface area contributed by atoms with E-state index < -0.39 is 9.84 Å². The first-order valence-electron chi connectivity index (χ1n) is 10.5. The highest BCUT2D eigenvalue weighted by Crippen LogP contribution is 2.32. The van der Waals surface area contributed by atoms with Crippen LogP contribution in [-0.2, 0) is 25.9 Å². The number of aryl methyl sites for hydroxylation is 1. The zero-order valence-corrected chi connectivity index (χ0v) is 19.3. The third kappa shape index (κ3) is 4.45. The first-order chi connectivity index (χ1) is 15.3. The lowest BCUT2D eigenvalue weighted by molar-refractivity contribution is -0.0336. The maximum Gasteiger partial charge on any atom is 0.260 e. The van der Waals surface area contributed by atoms with Crippen LogP contribution in [0.2, 0.25) is 0 Å². The number of hydrogen-bond donors (Lipinski definition) is 0. The van der Waals surface area contributed by atoms with Gasteiger partial charge in [0.15, 0.2) is 0 Å². The van der Waals surface area contributed by atoms with Crippen molar-refractivity contribution in [1.82, 2.24) is 24.3 Å². The third-order valence-electron chi connectivity index (χ3n) is 5.69. The van der Waals surface area contributed by atoms with Gasteiger partial charge < -0.3 is 9.47 Å². The van der Waals surface area contributed by atoms with E-state index in [9.17, 15) is 13.2 Å². The molecule has 1 fully saturated rings. The molecule has 32 heavy (non-hydrogen) atoms. The van der Waals surface area contributed by atoms with Crippen molar-refractivity contribution in [3.05, 3.63) is 34.5 Å². The lowest BCUT2D eigenvalue weighted by atomic mass is 10.1. The van der Waals surface area contributed by atoms with E-state index in [0.717, 1.165) is 31.9 Å². The topological polar surface area (TPSA) is 118 Å². The monoisotopic (exact) mass is 461 g/mol. The Morgan fingerprint density at radius 2 is 1.97 bits per heavy atom. The average Bonchev–Trinajstić information content (AvgIpc) is 3.42. The van der Waals surface area contributed by atoms with Crippen LogP contribution >= 0.6 is 0 Å². The molecule has 3 aromatic rings. The summed E-state index contributed by atoms with van der Waals surface area (Å²) in [4.78, 5) is 22.2. The fourth-order valence-corrected chi connectivity index (χ4v) is 4.68. The second-order valence-corrected chi connectivity index (χ2v) is 9.99. The second kappa shape index (κ2) is 9.08. The maximum atomic E-state index is 13.6. The van der Waals surface area contributed by atoms with Crippen LogP contribution in [0.1, 0.15) is 37.4 Å².